The second kappa shape index (κ2) is 7.53. The van der Waals surface area contributed by atoms with Gasteiger partial charge in [0.15, 0.2) is 16.8 Å². The molecule has 0 radical (unpaired) electrons. The summed E-state index contributed by atoms with van der Waals surface area (Å²) in [6, 6.07) is 11.7. The molecular weight excluding hydrogens is 342 g/mol. The van der Waals surface area contributed by atoms with Crippen molar-refractivity contribution < 1.29 is 13.6 Å². The molecule has 0 saturated carbocycles. The van der Waals surface area contributed by atoms with Crippen LogP contribution in [-0.2, 0) is 11.2 Å². The number of benzene rings is 2. The van der Waals surface area contributed by atoms with E-state index in [2.05, 4.69) is 10.3 Å². The Hall–Kier alpha value is -2.60. The van der Waals surface area contributed by atoms with Crippen molar-refractivity contribution >= 4 is 22.4 Å². The number of rotatable bonds is 5. The van der Waals surface area contributed by atoms with E-state index in [1.54, 1.807) is 5.38 Å². The zero-order chi connectivity index (χ0) is 17.8. The third-order valence-electron chi connectivity index (χ3n) is 3.73. The van der Waals surface area contributed by atoms with Crippen molar-refractivity contribution in [2.45, 2.75) is 19.8 Å². The smallest absolute Gasteiger partial charge is 0.226 e. The normalized spacial score (nSPS) is 10.7. The summed E-state index contributed by atoms with van der Waals surface area (Å²) >= 11 is 1.25. The highest BCUT2D eigenvalue weighted by molar-refractivity contribution is 7.14. The quantitative estimate of drug-likeness (QED) is 0.700. The molecule has 0 spiro atoms. The van der Waals surface area contributed by atoms with Gasteiger partial charge in [0.25, 0.3) is 0 Å². The molecular formula is C19H16F2N2OS. The molecule has 0 aliphatic rings. The van der Waals surface area contributed by atoms with E-state index in [4.69, 9.17) is 0 Å². The molecule has 3 rings (SSSR count). The van der Waals surface area contributed by atoms with Gasteiger partial charge in [0.1, 0.15) is 0 Å². The molecule has 6 heteroatoms. The Kier molecular flexibility index (Phi) is 5.19. The largest absolute Gasteiger partial charge is 0.302 e. The molecule has 1 aromatic heterocycles. The Balaban J connectivity index is 1.59. The van der Waals surface area contributed by atoms with Gasteiger partial charge in [-0.15, -0.1) is 11.3 Å². The number of hydrogen-bond donors (Lipinski definition) is 1. The van der Waals surface area contributed by atoms with Crippen molar-refractivity contribution in [3.8, 4) is 11.3 Å². The third kappa shape index (κ3) is 4.48. The van der Waals surface area contributed by atoms with Crippen molar-refractivity contribution in [2.75, 3.05) is 5.32 Å². The zero-order valence-corrected chi connectivity index (χ0v) is 14.4. The predicted molar refractivity (Wildman–Crippen MR) is 95.6 cm³/mol. The van der Waals surface area contributed by atoms with Gasteiger partial charge in [0.2, 0.25) is 5.91 Å². The molecule has 0 atom stereocenters. The molecule has 0 saturated heterocycles. The van der Waals surface area contributed by atoms with Crippen LogP contribution >= 0.6 is 11.3 Å². The van der Waals surface area contributed by atoms with Gasteiger partial charge in [-0.3, -0.25) is 4.79 Å². The highest BCUT2D eigenvalue weighted by Crippen LogP contribution is 2.26. The number of amides is 1. The molecule has 0 unspecified atom stereocenters. The fraction of sp³-hybridized carbons (Fsp3) is 0.158. The standard InChI is InChI=1S/C19H16F2N2OS/c1-12-2-4-13(5-3-12)6-9-18(24)23-19-22-17(11-25-19)14-7-8-15(20)16(21)10-14/h2-5,7-8,10-11H,6,9H2,1H3,(H,22,23,24). The molecule has 0 bridgehead atoms. The van der Waals surface area contributed by atoms with Gasteiger partial charge in [0, 0.05) is 17.4 Å². The van der Waals surface area contributed by atoms with Crippen LogP contribution in [0.4, 0.5) is 13.9 Å². The number of aryl methyl sites for hydroxylation is 2. The number of carbonyl (C=O) groups excluding carboxylic acids is 1. The molecule has 2 aromatic carbocycles. The van der Waals surface area contributed by atoms with Crippen molar-refractivity contribution in [2.24, 2.45) is 0 Å². The first kappa shape index (κ1) is 17.2. The number of nitrogens with zero attached hydrogens (tertiary/aromatic N) is 1. The minimum absolute atomic E-state index is 0.133. The lowest BCUT2D eigenvalue weighted by Gasteiger charge is -2.03. The maximum absolute atomic E-state index is 13.3. The summed E-state index contributed by atoms with van der Waals surface area (Å²) in [5, 5.41) is 4.88. The van der Waals surface area contributed by atoms with Crippen LogP contribution in [0.2, 0.25) is 0 Å². The topological polar surface area (TPSA) is 42.0 Å². The maximum Gasteiger partial charge on any atom is 0.226 e. The van der Waals surface area contributed by atoms with Crippen LogP contribution in [0.25, 0.3) is 11.3 Å². The van der Waals surface area contributed by atoms with Crippen LogP contribution < -0.4 is 5.32 Å². The van der Waals surface area contributed by atoms with Gasteiger partial charge in [-0.1, -0.05) is 29.8 Å². The van der Waals surface area contributed by atoms with Crippen LogP contribution in [0.3, 0.4) is 0 Å². The second-order valence-corrected chi connectivity index (χ2v) is 6.56. The van der Waals surface area contributed by atoms with Crippen LogP contribution in [0.1, 0.15) is 17.5 Å². The SMILES string of the molecule is Cc1ccc(CCC(=O)Nc2nc(-c3ccc(F)c(F)c3)cs2)cc1. The van der Waals surface area contributed by atoms with Crippen LogP contribution in [-0.4, -0.2) is 10.9 Å². The highest BCUT2D eigenvalue weighted by Gasteiger charge is 2.10. The van der Waals surface area contributed by atoms with E-state index in [1.165, 1.54) is 23.0 Å². The summed E-state index contributed by atoms with van der Waals surface area (Å²) < 4.78 is 26.3. The van der Waals surface area contributed by atoms with Crippen molar-refractivity contribution in [1.82, 2.24) is 4.98 Å². The Morgan fingerprint density at radius 3 is 2.60 bits per heavy atom. The molecule has 1 amide bonds. The summed E-state index contributed by atoms with van der Waals surface area (Å²) in [6.45, 7) is 2.02. The van der Waals surface area contributed by atoms with Gasteiger partial charge < -0.3 is 5.32 Å². The zero-order valence-electron chi connectivity index (χ0n) is 13.6. The summed E-state index contributed by atoms with van der Waals surface area (Å²) in [4.78, 5) is 16.3. The average molecular weight is 358 g/mol. The Bertz CT molecular complexity index is 891. The molecule has 1 N–H and O–H groups in total. The van der Waals surface area contributed by atoms with Gasteiger partial charge in [-0.2, -0.15) is 0 Å². The van der Waals surface area contributed by atoms with Crippen molar-refractivity contribution in [3.63, 3.8) is 0 Å². The predicted octanol–water partition coefficient (Wildman–Crippen LogP) is 4.97. The molecule has 128 valence electrons. The Morgan fingerprint density at radius 2 is 1.88 bits per heavy atom. The lowest BCUT2D eigenvalue weighted by atomic mass is 10.1. The lowest BCUT2D eigenvalue weighted by Crippen LogP contribution is -2.12. The van der Waals surface area contributed by atoms with Gasteiger partial charge in [-0.05, 0) is 37.1 Å². The van der Waals surface area contributed by atoms with Gasteiger partial charge in [0.05, 0.1) is 5.69 Å². The number of hydrogen-bond acceptors (Lipinski definition) is 3. The van der Waals surface area contributed by atoms with E-state index < -0.39 is 11.6 Å². The van der Waals surface area contributed by atoms with Crippen LogP contribution in [0, 0.1) is 18.6 Å². The number of aromatic nitrogens is 1. The Morgan fingerprint density at radius 1 is 1.12 bits per heavy atom. The number of thiazole rings is 1. The summed E-state index contributed by atoms with van der Waals surface area (Å²) in [5.41, 5.74) is 3.25. The molecule has 0 aliphatic carbocycles. The van der Waals surface area contributed by atoms with Crippen LogP contribution in [0.5, 0.6) is 0 Å². The van der Waals surface area contributed by atoms with E-state index in [0.717, 1.165) is 17.7 Å². The second-order valence-electron chi connectivity index (χ2n) is 5.70. The summed E-state index contributed by atoms with van der Waals surface area (Å²) in [7, 11) is 0. The molecule has 3 nitrogen and oxygen atoms in total. The maximum atomic E-state index is 13.3. The first-order chi connectivity index (χ1) is 12.0. The van der Waals surface area contributed by atoms with Crippen molar-refractivity contribution in [3.05, 3.63) is 70.6 Å². The van der Waals surface area contributed by atoms with Gasteiger partial charge >= 0.3 is 0 Å². The molecule has 25 heavy (non-hydrogen) atoms. The average Bonchev–Trinajstić information content (AvgIpc) is 3.05. The van der Waals surface area contributed by atoms with E-state index in [9.17, 15) is 13.6 Å². The number of anilines is 1. The van der Waals surface area contributed by atoms with E-state index in [0.29, 0.717) is 29.2 Å². The van der Waals surface area contributed by atoms with Crippen molar-refractivity contribution in [1.29, 1.82) is 0 Å². The Labute approximate surface area is 148 Å². The number of nitrogens with one attached hydrogen (secondary N) is 1. The first-order valence-corrected chi connectivity index (χ1v) is 8.65. The number of carbonyl (C=O) groups is 1. The number of halogens is 2. The minimum Gasteiger partial charge on any atom is -0.302 e. The molecule has 0 aliphatic heterocycles. The van der Waals surface area contributed by atoms with E-state index in [-0.39, 0.29) is 5.91 Å². The summed E-state index contributed by atoms with van der Waals surface area (Å²) in [6.07, 6.45) is 0.997. The van der Waals surface area contributed by atoms with E-state index >= 15 is 0 Å². The lowest BCUT2D eigenvalue weighted by molar-refractivity contribution is -0.116. The van der Waals surface area contributed by atoms with Crippen LogP contribution in [0.15, 0.2) is 47.8 Å². The fourth-order valence-corrected chi connectivity index (χ4v) is 3.05. The monoisotopic (exact) mass is 358 g/mol. The molecule has 3 aromatic rings. The molecule has 1 heterocycles. The highest BCUT2D eigenvalue weighted by atomic mass is 32.1. The fourth-order valence-electron chi connectivity index (χ4n) is 2.31. The third-order valence-corrected chi connectivity index (χ3v) is 4.48. The summed E-state index contributed by atoms with van der Waals surface area (Å²) in [5.74, 6) is -1.95. The van der Waals surface area contributed by atoms with Gasteiger partial charge in [-0.25, -0.2) is 13.8 Å². The minimum atomic E-state index is -0.922. The first-order valence-electron chi connectivity index (χ1n) is 7.77. The van der Waals surface area contributed by atoms with E-state index in [1.807, 2.05) is 31.2 Å². The molecule has 0 fully saturated rings.